The zero-order chi connectivity index (χ0) is 24.2. The molecule has 0 spiro atoms. The summed E-state index contributed by atoms with van der Waals surface area (Å²) < 4.78 is 11.5. The number of amides is 1. The fourth-order valence-corrected chi connectivity index (χ4v) is 5.03. The van der Waals surface area contributed by atoms with E-state index in [1.54, 1.807) is 17.4 Å². The van der Waals surface area contributed by atoms with Gasteiger partial charge in [-0.25, -0.2) is 4.98 Å². The lowest BCUT2D eigenvalue weighted by atomic mass is 10.2. The molecule has 180 valence electrons. The predicted octanol–water partition coefficient (Wildman–Crippen LogP) is 6.61. The minimum atomic E-state index is -0.229. The van der Waals surface area contributed by atoms with Gasteiger partial charge in [0.25, 0.3) is 5.91 Å². The van der Waals surface area contributed by atoms with Crippen molar-refractivity contribution in [3.63, 3.8) is 0 Å². The first-order valence-corrected chi connectivity index (χ1v) is 12.8. The van der Waals surface area contributed by atoms with Gasteiger partial charge in [0.05, 0.1) is 18.3 Å². The van der Waals surface area contributed by atoms with Crippen LogP contribution in [0.15, 0.2) is 70.5 Å². The number of carbonyl (C=O) groups is 1. The Morgan fingerprint density at radius 1 is 1.20 bits per heavy atom. The van der Waals surface area contributed by atoms with Crippen LogP contribution in [0.2, 0.25) is 5.02 Å². The van der Waals surface area contributed by atoms with Gasteiger partial charge in [0.1, 0.15) is 5.76 Å². The number of thiazole rings is 1. The third-order valence-corrected chi connectivity index (χ3v) is 7.01. The minimum Gasteiger partial charge on any atom is -0.454 e. The molecule has 35 heavy (non-hydrogen) atoms. The van der Waals surface area contributed by atoms with Gasteiger partial charge in [-0.2, -0.15) is 0 Å². The zero-order valence-electron chi connectivity index (χ0n) is 19.4. The maximum atomic E-state index is 12.6. The summed E-state index contributed by atoms with van der Waals surface area (Å²) in [6.07, 6.45) is 2.10. The van der Waals surface area contributed by atoms with Gasteiger partial charge in [-0.3, -0.25) is 4.79 Å². The number of benzene rings is 2. The Bertz CT molecular complexity index is 1300. The van der Waals surface area contributed by atoms with E-state index in [2.05, 4.69) is 35.3 Å². The molecule has 0 saturated carbocycles. The molecule has 3 heterocycles. The number of aryl methyl sites for hydroxylation is 1. The molecule has 6 nitrogen and oxygen atoms in total. The van der Waals surface area contributed by atoms with Gasteiger partial charge in [-0.05, 0) is 61.7 Å². The molecule has 0 bridgehead atoms. The fourth-order valence-electron chi connectivity index (χ4n) is 4.05. The second-order valence-corrected chi connectivity index (χ2v) is 9.83. The van der Waals surface area contributed by atoms with Gasteiger partial charge in [-0.1, -0.05) is 35.9 Å². The molecular weight excluding hydrogens is 482 g/mol. The van der Waals surface area contributed by atoms with Crippen molar-refractivity contribution in [1.82, 2.24) is 10.3 Å². The molecule has 1 fully saturated rings. The summed E-state index contributed by atoms with van der Waals surface area (Å²) in [7, 11) is 0. The van der Waals surface area contributed by atoms with Crippen LogP contribution < -0.4 is 10.2 Å². The van der Waals surface area contributed by atoms with Gasteiger partial charge >= 0.3 is 0 Å². The molecule has 1 aliphatic heterocycles. The van der Waals surface area contributed by atoms with E-state index in [0.29, 0.717) is 29.6 Å². The third kappa shape index (κ3) is 5.75. The summed E-state index contributed by atoms with van der Waals surface area (Å²) in [5, 5.41) is 6.48. The van der Waals surface area contributed by atoms with Crippen LogP contribution >= 0.6 is 22.9 Å². The highest BCUT2D eigenvalue weighted by Crippen LogP contribution is 2.34. The largest absolute Gasteiger partial charge is 0.454 e. The Morgan fingerprint density at radius 3 is 2.83 bits per heavy atom. The highest BCUT2D eigenvalue weighted by Gasteiger charge is 2.20. The van der Waals surface area contributed by atoms with Crippen molar-refractivity contribution in [2.45, 2.75) is 32.4 Å². The molecule has 1 atom stereocenters. The molecule has 5 rings (SSSR count). The van der Waals surface area contributed by atoms with Crippen LogP contribution in [0.25, 0.3) is 11.3 Å². The summed E-state index contributed by atoms with van der Waals surface area (Å²) >= 11 is 7.60. The average molecular weight is 508 g/mol. The number of nitrogens with one attached hydrogen (secondary N) is 1. The predicted molar refractivity (Wildman–Crippen MR) is 140 cm³/mol. The summed E-state index contributed by atoms with van der Waals surface area (Å²) in [5.74, 6) is 0.744. The normalized spacial score (nSPS) is 15.3. The molecule has 8 heteroatoms. The number of halogens is 1. The van der Waals surface area contributed by atoms with Crippen LogP contribution in [0.3, 0.4) is 0 Å². The fraction of sp³-hybridized carbons (Fsp3) is 0.259. The van der Waals surface area contributed by atoms with Gasteiger partial charge in [0.2, 0.25) is 0 Å². The van der Waals surface area contributed by atoms with Crippen LogP contribution in [0.4, 0.5) is 10.8 Å². The van der Waals surface area contributed by atoms with Crippen LogP contribution in [-0.2, 0) is 11.3 Å². The molecular formula is C27H26ClN3O3S. The number of ether oxygens (including phenoxy) is 1. The molecule has 1 saturated heterocycles. The van der Waals surface area contributed by atoms with Crippen LogP contribution in [-0.4, -0.2) is 30.1 Å². The third-order valence-electron chi connectivity index (χ3n) is 5.89. The smallest absolute Gasteiger partial charge is 0.287 e. The van der Waals surface area contributed by atoms with Crippen LogP contribution in [0, 0.1) is 6.92 Å². The van der Waals surface area contributed by atoms with Crippen molar-refractivity contribution < 1.29 is 13.9 Å². The Labute approximate surface area is 213 Å². The van der Waals surface area contributed by atoms with E-state index in [9.17, 15) is 4.79 Å². The van der Waals surface area contributed by atoms with Gasteiger partial charge in [0.15, 0.2) is 10.9 Å². The number of rotatable bonds is 8. The van der Waals surface area contributed by atoms with Crippen molar-refractivity contribution in [2.24, 2.45) is 0 Å². The lowest BCUT2D eigenvalue weighted by molar-refractivity contribution is 0.0834. The van der Waals surface area contributed by atoms with Gasteiger partial charge in [0, 0.05) is 34.8 Å². The van der Waals surface area contributed by atoms with E-state index in [-0.39, 0.29) is 12.0 Å². The first-order chi connectivity index (χ1) is 17.0. The molecule has 1 aliphatic rings. The number of aromatic nitrogens is 1. The van der Waals surface area contributed by atoms with Crippen molar-refractivity contribution >= 4 is 39.7 Å². The summed E-state index contributed by atoms with van der Waals surface area (Å²) in [6, 6.07) is 19.5. The maximum absolute atomic E-state index is 12.6. The highest BCUT2D eigenvalue weighted by atomic mass is 35.5. The molecule has 2 aromatic carbocycles. The lowest BCUT2D eigenvalue weighted by Gasteiger charge is -2.21. The first kappa shape index (κ1) is 23.6. The molecule has 0 aliphatic carbocycles. The number of hydrogen-bond donors (Lipinski definition) is 1. The zero-order valence-corrected chi connectivity index (χ0v) is 20.9. The van der Waals surface area contributed by atoms with Crippen molar-refractivity contribution in [1.29, 1.82) is 0 Å². The van der Waals surface area contributed by atoms with E-state index in [4.69, 9.17) is 25.7 Å². The Hall–Kier alpha value is -3.13. The molecule has 2 aromatic heterocycles. The molecule has 0 unspecified atom stereocenters. The first-order valence-electron chi connectivity index (χ1n) is 11.6. The molecule has 1 N–H and O–H groups in total. The summed E-state index contributed by atoms with van der Waals surface area (Å²) in [4.78, 5) is 19.6. The van der Waals surface area contributed by atoms with E-state index in [0.717, 1.165) is 47.1 Å². The average Bonchev–Trinajstić information content (AvgIpc) is 3.64. The van der Waals surface area contributed by atoms with Gasteiger partial charge in [-0.15, -0.1) is 11.3 Å². The van der Waals surface area contributed by atoms with Crippen LogP contribution in [0.1, 0.15) is 34.7 Å². The molecule has 1 amide bonds. The van der Waals surface area contributed by atoms with E-state index in [1.165, 1.54) is 0 Å². The molecule has 4 aromatic rings. The number of furan rings is 1. The number of hydrogen-bond acceptors (Lipinski definition) is 6. The summed E-state index contributed by atoms with van der Waals surface area (Å²) in [6.45, 7) is 3.76. The Kier molecular flexibility index (Phi) is 7.18. The van der Waals surface area contributed by atoms with Crippen molar-refractivity contribution in [3.05, 3.63) is 88.2 Å². The van der Waals surface area contributed by atoms with Crippen molar-refractivity contribution in [3.8, 4) is 11.3 Å². The summed E-state index contributed by atoms with van der Waals surface area (Å²) in [5.41, 5.74) is 4.04. The highest BCUT2D eigenvalue weighted by molar-refractivity contribution is 7.14. The van der Waals surface area contributed by atoms with E-state index in [1.807, 2.05) is 41.8 Å². The number of anilines is 2. The van der Waals surface area contributed by atoms with Gasteiger partial charge < -0.3 is 19.4 Å². The molecule has 0 radical (unpaired) electrons. The Balaban J connectivity index is 1.36. The second kappa shape index (κ2) is 10.6. The second-order valence-electron chi connectivity index (χ2n) is 8.56. The van der Waals surface area contributed by atoms with E-state index >= 15 is 0 Å². The van der Waals surface area contributed by atoms with Crippen molar-refractivity contribution in [2.75, 3.05) is 18.1 Å². The quantitative estimate of drug-likeness (QED) is 0.290. The lowest BCUT2D eigenvalue weighted by Crippen LogP contribution is -2.31. The standard InChI is InChI=1S/C27H26ClN3O3S/c1-18-4-2-5-21(14-18)31(27-30-24(17-35-27)19-7-9-20(28)10-8-19)16-23-11-12-25(34-23)26(32)29-15-22-6-3-13-33-22/h2,4-5,7-12,14,17,22H,3,6,13,15-16H2,1H3,(H,29,32)/t22-/m0/s1. The number of nitrogens with zero attached hydrogens (tertiary/aromatic N) is 2. The maximum Gasteiger partial charge on any atom is 0.287 e. The number of carbonyl (C=O) groups excluding carboxylic acids is 1. The topological polar surface area (TPSA) is 67.6 Å². The minimum absolute atomic E-state index is 0.0879. The van der Waals surface area contributed by atoms with Crippen LogP contribution in [0.5, 0.6) is 0 Å². The Morgan fingerprint density at radius 2 is 2.06 bits per heavy atom. The SMILES string of the molecule is Cc1cccc(N(Cc2ccc(C(=O)NC[C@@H]3CCCO3)o2)c2nc(-c3ccc(Cl)cc3)cs2)c1. The monoisotopic (exact) mass is 507 g/mol. The van der Waals surface area contributed by atoms with E-state index < -0.39 is 0 Å².